The smallest absolute Gasteiger partial charge is 0.246 e. The van der Waals surface area contributed by atoms with Crippen LogP contribution in [0.25, 0.3) is 0 Å². The lowest BCUT2D eigenvalue weighted by molar-refractivity contribution is -0.120. The van der Waals surface area contributed by atoms with Crippen LogP contribution in [0.4, 0.5) is 0 Å². The van der Waals surface area contributed by atoms with Crippen molar-refractivity contribution in [2.45, 2.75) is 72.4 Å². The van der Waals surface area contributed by atoms with E-state index in [1.54, 1.807) is 6.92 Å². The summed E-state index contributed by atoms with van der Waals surface area (Å²) in [6.07, 6.45) is 3.09. The van der Waals surface area contributed by atoms with Gasteiger partial charge in [-0.25, -0.2) is 0 Å². The van der Waals surface area contributed by atoms with Crippen molar-refractivity contribution in [2.24, 2.45) is 16.5 Å². The third-order valence-electron chi connectivity index (χ3n) is 5.89. The average Bonchev–Trinajstić information content (AvgIpc) is 2.79. The SMILES string of the molecule is CCc1cccc(CC)c1C(/N=C(\C)NC(C(N)=O)c1c(CC)cccc1CC)C(N)=O. The van der Waals surface area contributed by atoms with Gasteiger partial charge in [-0.05, 0) is 66.0 Å². The zero-order valence-corrected chi connectivity index (χ0v) is 19.9. The highest BCUT2D eigenvalue weighted by molar-refractivity contribution is 5.92. The van der Waals surface area contributed by atoms with Crippen molar-refractivity contribution >= 4 is 17.6 Å². The van der Waals surface area contributed by atoms with Crippen LogP contribution >= 0.6 is 0 Å². The number of carbonyl (C=O) groups is 2. The molecule has 2 aromatic carbocycles. The number of nitrogens with two attached hydrogens (primary N) is 2. The molecule has 0 aromatic heterocycles. The van der Waals surface area contributed by atoms with E-state index in [9.17, 15) is 9.59 Å². The summed E-state index contributed by atoms with van der Waals surface area (Å²) in [5.41, 5.74) is 17.5. The molecule has 0 heterocycles. The van der Waals surface area contributed by atoms with Gasteiger partial charge in [0.1, 0.15) is 6.04 Å². The Labute approximate surface area is 191 Å². The summed E-state index contributed by atoms with van der Waals surface area (Å²) in [5, 5.41) is 3.18. The van der Waals surface area contributed by atoms with Crippen molar-refractivity contribution < 1.29 is 9.59 Å². The normalized spacial score (nSPS) is 13.5. The Balaban J connectivity index is 2.53. The quantitative estimate of drug-likeness (QED) is 0.390. The first-order valence-electron chi connectivity index (χ1n) is 11.4. The van der Waals surface area contributed by atoms with E-state index < -0.39 is 23.9 Å². The fourth-order valence-corrected chi connectivity index (χ4v) is 4.28. The Kier molecular flexibility index (Phi) is 9.00. The maximum absolute atomic E-state index is 12.5. The number of hydrogen-bond acceptors (Lipinski definition) is 3. The van der Waals surface area contributed by atoms with Crippen molar-refractivity contribution in [3.05, 3.63) is 69.8 Å². The van der Waals surface area contributed by atoms with Crippen molar-refractivity contribution in [2.75, 3.05) is 0 Å². The number of nitrogens with zero attached hydrogens (tertiary/aromatic N) is 1. The van der Waals surface area contributed by atoms with E-state index in [0.717, 1.165) is 59.1 Å². The second-order valence-corrected chi connectivity index (χ2v) is 7.89. The van der Waals surface area contributed by atoms with Gasteiger partial charge in [-0.1, -0.05) is 64.1 Å². The molecule has 2 rings (SSSR count). The minimum atomic E-state index is -0.839. The highest BCUT2D eigenvalue weighted by Crippen LogP contribution is 2.28. The Morgan fingerprint density at radius 2 is 1.19 bits per heavy atom. The molecule has 0 aliphatic carbocycles. The highest BCUT2D eigenvalue weighted by Gasteiger charge is 2.26. The largest absolute Gasteiger partial charge is 0.368 e. The Bertz CT molecular complexity index is 953. The third kappa shape index (κ3) is 5.55. The predicted molar refractivity (Wildman–Crippen MR) is 131 cm³/mol. The predicted octanol–water partition coefficient (Wildman–Crippen LogP) is 3.70. The molecule has 172 valence electrons. The molecular weight excluding hydrogens is 400 g/mol. The van der Waals surface area contributed by atoms with Crippen LogP contribution in [0.1, 0.15) is 80.1 Å². The molecule has 0 aliphatic rings. The molecule has 5 N–H and O–H groups in total. The van der Waals surface area contributed by atoms with Gasteiger partial charge in [0.05, 0.1) is 5.84 Å². The number of aliphatic imine (C=N–C) groups is 1. The van der Waals surface area contributed by atoms with Gasteiger partial charge in [0.25, 0.3) is 0 Å². The van der Waals surface area contributed by atoms with E-state index in [-0.39, 0.29) is 0 Å². The Morgan fingerprint density at radius 3 is 1.53 bits per heavy atom. The number of aryl methyl sites for hydroxylation is 4. The van der Waals surface area contributed by atoms with E-state index in [4.69, 9.17) is 11.5 Å². The van der Waals surface area contributed by atoms with Gasteiger partial charge < -0.3 is 16.8 Å². The van der Waals surface area contributed by atoms with Crippen LogP contribution in [0.3, 0.4) is 0 Å². The number of amides is 2. The lowest BCUT2D eigenvalue weighted by atomic mass is 9.91. The molecule has 0 spiro atoms. The number of rotatable bonds is 10. The molecule has 2 atom stereocenters. The number of carbonyl (C=O) groups excluding carboxylic acids is 2. The van der Waals surface area contributed by atoms with Crippen LogP contribution in [-0.4, -0.2) is 17.6 Å². The van der Waals surface area contributed by atoms with Crippen molar-refractivity contribution in [1.82, 2.24) is 5.32 Å². The molecule has 0 saturated carbocycles. The monoisotopic (exact) mass is 436 g/mol. The van der Waals surface area contributed by atoms with E-state index in [0.29, 0.717) is 5.84 Å². The van der Waals surface area contributed by atoms with Gasteiger partial charge in [0.15, 0.2) is 6.04 Å². The zero-order chi connectivity index (χ0) is 23.8. The lowest BCUT2D eigenvalue weighted by Crippen LogP contribution is -2.38. The molecule has 0 bridgehead atoms. The molecular formula is C26H36N4O2. The Hall–Kier alpha value is -3.15. The summed E-state index contributed by atoms with van der Waals surface area (Å²) in [5.74, 6) is -0.576. The number of nitrogens with one attached hydrogen (secondary N) is 1. The van der Waals surface area contributed by atoms with Crippen LogP contribution in [0.15, 0.2) is 41.4 Å². The molecule has 2 unspecified atom stereocenters. The summed E-state index contributed by atoms with van der Waals surface area (Å²) in [4.78, 5) is 29.6. The first-order valence-corrected chi connectivity index (χ1v) is 11.4. The van der Waals surface area contributed by atoms with Gasteiger partial charge in [-0.3, -0.25) is 14.6 Å². The number of benzene rings is 2. The van der Waals surface area contributed by atoms with E-state index >= 15 is 0 Å². The second-order valence-electron chi connectivity index (χ2n) is 7.89. The standard InChI is InChI=1S/C26H36N4O2/c1-6-17-12-10-13-18(7-2)21(17)23(25(27)31)29-16(5)30-24(26(28)32)22-19(8-3)14-11-15-20(22)9-4/h10-15,23-24H,6-9H2,1-5H3,(H2,27,31)(H2,28,32)(H,29,30). The molecule has 0 fully saturated rings. The summed E-state index contributed by atoms with van der Waals surface area (Å²) in [6, 6.07) is 10.4. The average molecular weight is 437 g/mol. The molecule has 0 aliphatic heterocycles. The third-order valence-corrected chi connectivity index (χ3v) is 5.89. The van der Waals surface area contributed by atoms with Crippen molar-refractivity contribution in [1.29, 1.82) is 0 Å². The van der Waals surface area contributed by atoms with E-state index in [2.05, 4.69) is 10.3 Å². The van der Waals surface area contributed by atoms with Crippen molar-refractivity contribution in [3.8, 4) is 0 Å². The minimum absolute atomic E-state index is 0.443. The first-order chi connectivity index (χ1) is 15.3. The molecule has 2 aromatic rings. The number of hydrogen-bond donors (Lipinski definition) is 3. The molecule has 0 radical (unpaired) electrons. The van der Waals surface area contributed by atoms with Gasteiger partial charge in [-0.15, -0.1) is 0 Å². The van der Waals surface area contributed by atoms with Gasteiger partial charge in [0, 0.05) is 0 Å². The second kappa shape index (κ2) is 11.5. The molecule has 2 amide bonds. The van der Waals surface area contributed by atoms with Crippen LogP contribution < -0.4 is 16.8 Å². The zero-order valence-electron chi connectivity index (χ0n) is 19.9. The summed E-state index contributed by atoms with van der Waals surface area (Å²) >= 11 is 0. The molecule has 6 heteroatoms. The molecule has 6 nitrogen and oxygen atoms in total. The number of primary amides is 2. The summed E-state index contributed by atoms with van der Waals surface area (Å²) < 4.78 is 0. The molecule has 32 heavy (non-hydrogen) atoms. The topological polar surface area (TPSA) is 111 Å². The van der Waals surface area contributed by atoms with Crippen LogP contribution in [0.2, 0.25) is 0 Å². The van der Waals surface area contributed by atoms with E-state index in [1.165, 1.54) is 0 Å². The van der Waals surface area contributed by atoms with Crippen LogP contribution in [0, 0.1) is 0 Å². The van der Waals surface area contributed by atoms with Gasteiger partial charge >= 0.3 is 0 Å². The fourth-order valence-electron chi connectivity index (χ4n) is 4.28. The first kappa shape index (κ1) is 25.1. The van der Waals surface area contributed by atoms with Gasteiger partial charge in [-0.2, -0.15) is 0 Å². The summed E-state index contributed by atoms with van der Waals surface area (Å²) in [7, 11) is 0. The van der Waals surface area contributed by atoms with Crippen LogP contribution in [0.5, 0.6) is 0 Å². The van der Waals surface area contributed by atoms with Crippen molar-refractivity contribution in [3.63, 3.8) is 0 Å². The Morgan fingerprint density at radius 1 is 0.781 bits per heavy atom. The summed E-state index contributed by atoms with van der Waals surface area (Å²) in [6.45, 7) is 9.93. The maximum Gasteiger partial charge on any atom is 0.246 e. The fraction of sp³-hybridized carbons (Fsp3) is 0.423. The minimum Gasteiger partial charge on any atom is -0.368 e. The lowest BCUT2D eigenvalue weighted by Gasteiger charge is -2.24. The highest BCUT2D eigenvalue weighted by atomic mass is 16.2. The van der Waals surface area contributed by atoms with Crippen LogP contribution in [-0.2, 0) is 35.3 Å². The molecule has 0 saturated heterocycles. The van der Waals surface area contributed by atoms with Gasteiger partial charge in [0.2, 0.25) is 11.8 Å². The maximum atomic E-state index is 12.5. The number of amidine groups is 1. The van der Waals surface area contributed by atoms with E-state index in [1.807, 2.05) is 64.1 Å².